The van der Waals surface area contributed by atoms with E-state index in [1.54, 1.807) is 27.7 Å². The number of ether oxygens (including phenoxy) is 8. The molecule has 524 valence electrons. The van der Waals surface area contributed by atoms with E-state index in [1.165, 1.54) is 51.4 Å². The van der Waals surface area contributed by atoms with Crippen molar-refractivity contribution in [3.8, 4) is 0 Å². The van der Waals surface area contributed by atoms with Gasteiger partial charge >= 0.3 is 47.8 Å². The first kappa shape index (κ1) is 75.1. The summed E-state index contributed by atoms with van der Waals surface area (Å²) in [7, 11) is 0. The van der Waals surface area contributed by atoms with Gasteiger partial charge in [0.1, 0.15) is 29.5 Å². The van der Waals surface area contributed by atoms with E-state index < -0.39 is 40.4 Å². The smallest absolute Gasteiger partial charge is 0.347 e. The van der Waals surface area contributed by atoms with E-state index in [0.29, 0.717) is 61.4 Å². The maximum Gasteiger partial charge on any atom is 0.347 e. The Morgan fingerprint density at radius 2 is 1.02 bits per heavy atom. The Labute approximate surface area is 552 Å². The van der Waals surface area contributed by atoms with Gasteiger partial charge in [0.15, 0.2) is 6.61 Å². The summed E-state index contributed by atoms with van der Waals surface area (Å²) >= 11 is 0. The summed E-state index contributed by atoms with van der Waals surface area (Å²) in [5.74, 6) is 3.39. The number of carbonyl (C=O) groups is 8. The highest BCUT2D eigenvalue weighted by molar-refractivity contribution is 5.83. The average Bonchev–Trinajstić information content (AvgIpc) is 0.760. The number of hydrogen-bond acceptors (Lipinski definition) is 17. The second kappa shape index (κ2) is 29.6. The van der Waals surface area contributed by atoms with Gasteiger partial charge in [0.2, 0.25) is 6.10 Å². The molecule has 13 aliphatic rings. The molecule has 0 spiro atoms. The van der Waals surface area contributed by atoms with Crippen LogP contribution >= 0.6 is 0 Å². The molecule has 1 N–H and O–H groups in total. The first-order valence-electron chi connectivity index (χ1n) is 36.2. The van der Waals surface area contributed by atoms with Crippen LogP contribution in [0.1, 0.15) is 279 Å². The number of carbonyl (C=O) groups excluding carboxylic acids is 8. The maximum absolute atomic E-state index is 12.8. The normalized spacial score (nSPS) is 34.0. The molecule has 10 bridgehead atoms. The molecule has 2 saturated heterocycles. The second-order valence-electron chi connectivity index (χ2n) is 33.7. The van der Waals surface area contributed by atoms with Crippen LogP contribution in [0.15, 0.2) is 0 Å². The predicted molar refractivity (Wildman–Crippen MR) is 348 cm³/mol. The van der Waals surface area contributed by atoms with Gasteiger partial charge in [-0.2, -0.15) is 0 Å². The van der Waals surface area contributed by atoms with Gasteiger partial charge in [0.25, 0.3) is 0 Å². The quantitative estimate of drug-likeness (QED) is 0.0936. The summed E-state index contributed by atoms with van der Waals surface area (Å²) in [6, 6.07) is 0. The van der Waals surface area contributed by atoms with Crippen molar-refractivity contribution in [1.29, 1.82) is 0 Å². The van der Waals surface area contributed by atoms with E-state index in [1.807, 2.05) is 69.2 Å². The fourth-order valence-electron chi connectivity index (χ4n) is 17.1. The molecule has 8 atom stereocenters. The van der Waals surface area contributed by atoms with Crippen LogP contribution in [0.5, 0.6) is 0 Å². The molecule has 0 aromatic rings. The predicted octanol–water partition coefficient (Wildman–Crippen LogP) is 14.5. The van der Waals surface area contributed by atoms with Crippen LogP contribution in [0.4, 0.5) is 0 Å². The highest BCUT2D eigenvalue weighted by Gasteiger charge is 2.64. The van der Waals surface area contributed by atoms with Crippen LogP contribution in [-0.4, -0.2) is 107 Å². The molecule has 11 aliphatic carbocycles. The molecule has 2 heterocycles. The van der Waals surface area contributed by atoms with Gasteiger partial charge < -0.3 is 43.0 Å². The topological polar surface area (TPSA) is 231 Å². The van der Waals surface area contributed by atoms with Crippen LogP contribution in [0, 0.1) is 92.2 Å². The molecule has 17 heteroatoms. The third kappa shape index (κ3) is 16.7. The lowest BCUT2D eigenvalue weighted by atomic mass is 9.47. The summed E-state index contributed by atoms with van der Waals surface area (Å²) < 4.78 is 43.7. The fraction of sp³-hybridized carbons (Fsp3) is 0.893. The summed E-state index contributed by atoms with van der Waals surface area (Å²) in [6.45, 7) is 35.7. The van der Waals surface area contributed by atoms with Crippen molar-refractivity contribution in [1.82, 2.24) is 0 Å². The number of fused-ring (bicyclic) bond motifs is 1. The van der Waals surface area contributed by atoms with Crippen molar-refractivity contribution < 1.29 is 81.4 Å². The van der Waals surface area contributed by atoms with Crippen molar-refractivity contribution in [2.24, 2.45) is 92.2 Å². The zero-order valence-electron chi connectivity index (χ0n) is 60.0. The van der Waals surface area contributed by atoms with Crippen LogP contribution in [0.3, 0.4) is 0 Å². The molecule has 0 aromatic heterocycles. The van der Waals surface area contributed by atoms with Crippen LogP contribution in [-0.2, 0) is 76.3 Å². The van der Waals surface area contributed by atoms with Gasteiger partial charge in [-0.05, 0) is 258 Å². The summed E-state index contributed by atoms with van der Waals surface area (Å²) in [5.41, 5.74) is -2.97. The van der Waals surface area contributed by atoms with Gasteiger partial charge in [0, 0.05) is 18.3 Å². The average molecular weight is 1300 g/mol. The van der Waals surface area contributed by atoms with Gasteiger partial charge in [-0.15, -0.1) is 0 Å². The van der Waals surface area contributed by atoms with Gasteiger partial charge in [-0.25, -0.2) is 9.59 Å². The monoisotopic (exact) mass is 1290 g/mol. The highest BCUT2D eigenvalue weighted by atomic mass is 16.6. The number of hydrogen-bond donors (Lipinski definition) is 1. The Morgan fingerprint density at radius 3 is 1.49 bits per heavy atom. The van der Waals surface area contributed by atoms with Gasteiger partial charge in [-0.3, -0.25) is 28.8 Å². The third-order valence-corrected chi connectivity index (χ3v) is 25.0. The Balaban J connectivity index is 0.000000165. The largest absolute Gasteiger partial charge is 0.463 e. The Kier molecular flexibility index (Phi) is 24.2. The van der Waals surface area contributed by atoms with E-state index >= 15 is 0 Å². The van der Waals surface area contributed by atoms with Crippen molar-refractivity contribution in [3.63, 3.8) is 0 Å². The zero-order valence-corrected chi connectivity index (χ0v) is 60.0. The number of esters is 8. The fourth-order valence-corrected chi connectivity index (χ4v) is 17.1. The standard InChI is InChI=1S/C19H32O2.C16H22O6.C16H26O3.C14H26O2.C10H16O4/c1-6-18(4,5)17(20)21-19(12(2)3)15-8-13-7-14(10-15)11-16(19)9-13;1-4-16(2,3)15(19)20-7-11(17)21-12-8-5-9-10(6-8)14(18)22-13(9)12;1-4-15(2,3)14(17)19-13-11-5-10-6-12(13)9-16(18,7-10)8-11;1-5-13(3,4)12(15)16-14(6-2)10-8-7-9-11-14;1-4-10(2,3)9(12)14-7-5-6-13-8(7)11/h12-16H,6-11H2,1-5H3;8-10,12-13H,4-7H2,1-3H3;10-13,18H,4-9H2,1-3H3;5-11H2,1-4H3;7H,4-6H2,1-3H3. The minimum atomic E-state index is -0.687. The zero-order chi connectivity index (χ0) is 68.3. The first-order valence-corrected chi connectivity index (χ1v) is 36.2. The molecule has 92 heavy (non-hydrogen) atoms. The highest BCUT2D eigenvalue weighted by Crippen LogP contribution is 2.63. The molecule has 13 rings (SSSR count). The minimum absolute atomic E-state index is 0.00636. The van der Waals surface area contributed by atoms with E-state index in [0.717, 1.165) is 95.3 Å². The molecule has 2 aliphatic heterocycles. The molecular formula is C75H122O17. The lowest BCUT2D eigenvalue weighted by Gasteiger charge is -2.62. The lowest BCUT2D eigenvalue weighted by Crippen LogP contribution is -2.63. The maximum atomic E-state index is 12.8. The van der Waals surface area contributed by atoms with E-state index in [9.17, 15) is 43.5 Å². The van der Waals surface area contributed by atoms with Crippen LogP contribution in [0.2, 0.25) is 0 Å². The van der Waals surface area contributed by atoms with E-state index in [-0.39, 0.29) is 100.0 Å². The summed E-state index contributed by atoms with van der Waals surface area (Å²) in [4.78, 5) is 95.2. The molecular weight excluding hydrogens is 1170 g/mol. The van der Waals surface area contributed by atoms with Gasteiger partial charge in [-0.1, -0.05) is 61.8 Å². The minimum Gasteiger partial charge on any atom is -0.463 e. The van der Waals surface area contributed by atoms with Gasteiger partial charge in [0.05, 0.1) is 45.2 Å². The summed E-state index contributed by atoms with van der Waals surface area (Å²) in [5, 5.41) is 10.5. The molecule has 11 saturated carbocycles. The first-order chi connectivity index (χ1) is 42.9. The van der Waals surface area contributed by atoms with Crippen molar-refractivity contribution in [3.05, 3.63) is 0 Å². The van der Waals surface area contributed by atoms with E-state index in [4.69, 9.17) is 37.9 Å². The van der Waals surface area contributed by atoms with Crippen molar-refractivity contribution in [2.45, 2.75) is 320 Å². The van der Waals surface area contributed by atoms with Crippen molar-refractivity contribution >= 4 is 47.8 Å². The molecule has 0 amide bonds. The summed E-state index contributed by atoms with van der Waals surface area (Å²) in [6.07, 6.45) is 22.9. The number of rotatable bonds is 19. The Hall–Kier alpha value is -4.28. The molecule has 17 nitrogen and oxygen atoms in total. The lowest BCUT2D eigenvalue weighted by molar-refractivity contribution is -0.231. The Morgan fingerprint density at radius 1 is 0.533 bits per heavy atom. The van der Waals surface area contributed by atoms with Crippen molar-refractivity contribution in [2.75, 3.05) is 13.2 Å². The van der Waals surface area contributed by atoms with Crippen LogP contribution < -0.4 is 0 Å². The number of aliphatic hydroxyl groups is 1. The van der Waals surface area contributed by atoms with Crippen LogP contribution in [0.25, 0.3) is 0 Å². The molecule has 0 aromatic carbocycles. The third-order valence-electron chi connectivity index (χ3n) is 25.0. The molecule has 8 unspecified atom stereocenters. The molecule has 13 fully saturated rings. The molecule has 0 radical (unpaired) electrons. The second-order valence-corrected chi connectivity index (χ2v) is 33.7. The van der Waals surface area contributed by atoms with E-state index in [2.05, 4.69) is 27.7 Å². The number of cyclic esters (lactones) is 1. The Bertz CT molecular complexity index is 2560. The SMILES string of the molecule is CCC(C)(C)C(=O)OC1(C(C)C)C2CC3CC(C2)CC1C3.CCC(C)(C)C(=O)OC1C2CC3CC1CC(O)(C3)C2.CCC(C)(C)C(=O)OC1CCOC1=O.CCC(C)(C)C(=O)OCC(=O)OC1C2CC3C(=O)OC1C3C2.CCC1(OC(=O)C(C)(C)CC)CCCCC1.